The number of aromatic hydroxyl groups is 1. The molecule has 2 aromatic carbocycles. The molecule has 0 aliphatic rings. The first kappa shape index (κ1) is 18.8. The summed E-state index contributed by atoms with van der Waals surface area (Å²) in [6.07, 6.45) is 3.49. The topological polar surface area (TPSA) is 72.4 Å². The number of H-pyrrole nitrogens is 1. The molecule has 0 saturated carbocycles. The summed E-state index contributed by atoms with van der Waals surface area (Å²) in [5, 5.41) is 17.1. The first-order valence-electron chi connectivity index (χ1n) is 9.21. The van der Waals surface area contributed by atoms with Crippen LogP contribution in [0.1, 0.15) is 18.1 Å². The average molecular weight is 368 g/mol. The van der Waals surface area contributed by atoms with Gasteiger partial charge in [-0.15, -0.1) is 0 Å². The Morgan fingerprint density at radius 3 is 2.85 bits per heavy atom. The average Bonchev–Trinajstić information content (AvgIpc) is 3.04. The Bertz CT molecular complexity index is 919. The van der Waals surface area contributed by atoms with E-state index in [1.54, 1.807) is 18.2 Å². The van der Waals surface area contributed by atoms with Crippen molar-refractivity contribution in [2.24, 2.45) is 4.99 Å². The highest BCUT2D eigenvalue weighted by Crippen LogP contribution is 2.19. The van der Waals surface area contributed by atoms with Gasteiger partial charge in [-0.2, -0.15) is 0 Å². The molecule has 0 bridgehead atoms. The molecule has 142 valence electrons. The van der Waals surface area contributed by atoms with E-state index in [4.69, 9.17) is 0 Å². The molecule has 0 atom stereocenters. The van der Waals surface area contributed by atoms with Gasteiger partial charge in [0.15, 0.2) is 5.96 Å². The summed E-state index contributed by atoms with van der Waals surface area (Å²) in [4.78, 5) is 7.73. The second kappa shape index (κ2) is 9.07. The number of aromatic amines is 1. The summed E-state index contributed by atoms with van der Waals surface area (Å²) in [6, 6.07) is 12.1. The van der Waals surface area contributed by atoms with Crippen molar-refractivity contribution in [1.29, 1.82) is 0 Å². The fraction of sp³-hybridized carbons (Fsp3) is 0.286. The van der Waals surface area contributed by atoms with Crippen LogP contribution in [0.5, 0.6) is 5.75 Å². The Hall–Kier alpha value is -3.02. The van der Waals surface area contributed by atoms with E-state index in [2.05, 4.69) is 20.6 Å². The van der Waals surface area contributed by atoms with E-state index >= 15 is 0 Å². The molecule has 5 nitrogen and oxygen atoms in total. The van der Waals surface area contributed by atoms with Crippen molar-refractivity contribution in [3.8, 4) is 5.75 Å². The Morgan fingerprint density at radius 1 is 1.15 bits per heavy atom. The van der Waals surface area contributed by atoms with Gasteiger partial charge in [-0.05, 0) is 61.2 Å². The second-order valence-electron chi connectivity index (χ2n) is 6.36. The lowest BCUT2D eigenvalue weighted by Gasteiger charge is -2.11. The van der Waals surface area contributed by atoms with E-state index in [0.29, 0.717) is 6.54 Å². The van der Waals surface area contributed by atoms with Crippen molar-refractivity contribution in [1.82, 2.24) is 15.6 Å². The number of aliphatic imine (C=N–C) groups is 1. The number of benzene rings is 2. The van der Waals surface area contributed by atoms with Crippen LogP contribution in [0.3, 0.4) is 0 Å². The maximum Gasteiger partial charge on any atom is 0.191 e. The maximum atomic E-state index is 13.3. The van der Waals surface area contributed by atoms with Crippen LogP contribution in [0.4, 0.5) is 4.39 Å². The van der Waals surface area contributed by atoms with Gasteiger partial charge >= 0.3 is 0 Å². The van der Waals surface area contributed by atoms with Crippen LogP contribution < -0.4 is 10.6 Å². The molecular formula is C21H25FN4O. The number of guanidine groups is 1. The fourth-order valence-electron chi connectivity index (χ4n) is 3.03. The van der Waals surface area contributed by atoms with Crippen molar-refractivity contribution >= 4 is 16.9 Å². The monoisotopic (exact) mass is 368 g/mol. The van der Waals surface area contributed by atoms with Crippen LogP contribution in [-0.2, 0) is 12.8 Å². The standard InChI is InChI=1S/C21H25FN4O/c1-2-23-21(24-10-8-15-4-3-5-18(27)12-15)25-11-9-16-14-26-20-13-17(22)6-7-19(16)20/h3-7,12-14,26-27H,2,8-11H2,1H3,(H2,23,24,25). The van der Waals surface area contributed by atoms with Crippen LogP contribution in [-0.4, -0.2) is 35.7 Å². The van der Waals surface area contributed by atoms with Gasteiger partial charge in [-0.25, -0.2) is 4.39 Å². The molecule has 27 heavy (non-hydrogen) atoms. The maximum absolute atomic E-state index is 13.3. The molecule has 0 aliphatic heterocycles. The highest BCUT2D eigenvalue weighted by Gasteiger charge is 2.05. The molecular weight excluding hydrogens is 343 g/mol. The minimum atomic E-state index is -0.237. The lowest BCUT2D eigenvalue weighted by atomic mass is 10.1. The van der Waals surface area contributed by atoms with Gasteiger partial charge in [0.2, 0.25) is 0 Å². The number of fused-ring (bicyclic) bond motifs is 1. The number of nitrogens with one attached hydrogen (secondary N) is 3. The largest absolute Gasteiger partial charge is 0.508 e. The van der Waals surface area contributed by atoms with Gasteiger partial charge in [0.05, 0.1) is 0 Å². The molecule has 0 fully saturated rings. The van der Waals surface area contributed by atoms with Crippen LogP contribution in [0.25, 0.3) is 10.9 Å². The number of aromatic nitrogens is 1. The van der Waals surface area contributed by atoms with Gasteiger partial charge in [0.1, 0.15) is 11.6 Å². The van der Waals surface area contributed by atoms with Crippen molar-refractivity contribution < 1.29 is 9.50 Å². The molecule has 6 heteroatoms. The molecule has 0 amide bonds. The van der Waals surface area contributed by atoms with E-state index in [-0.39, 0.29) is 11.6 Å². The number of halogens is 1. The molecule has 1 aromatic heterocycles. The van der Waals surface area contributed by atoms with Gasteiger partial charge in [0, 0.05) is 36.7 Å². The van der Waals surface area contributed by atoms with Crippen LogP contribution in [0.15, 0.2) is 53.7 Å². The van der Waals surface area contributed by atoms with Gasteiger partial charge in [-0.1, -0.05) is 12.1 Å². The lowest BCUT2D eigenvalue weighted by molar-refractivity contribution is 0.474. The lowest BCUT2D eigenvalue weighted by Crippen LogP contribution is -2.38. The molecule has 1 heterocycles. The smallest absolute Gasteiger partial charge is 0.191 e. The first-order valence-corrected chi connectivity index (χ1v) is 9.21. The number of phenols is 1. The SMILES string of the molecule is CCNC(=NCCc1c[nH]c2cc(F)ccc12)NCCc1cccc(O)c1. The summed E-state index contributed by atoms with van der Waals surface area (Å²) in [5.41, 5.74) is 3.01. The molecule has 3 rings (SSSR count). The molecule has 3 aromatic rings. The number of hydrogen-bond donors (Lipinski definition) is 4. The normalized spacial score (nSPS) is 11.7. The van der Waals surface area contributed by atoms with Crippen molar-refractivity contribution in [3.05, 3.63) is 65.6 Å². The summed E-state index contributed by atoms with van der Waals surface area (Å²) in [7, 11) is 0. The summed E-state index contributed by atoms with van der Waals surface area (Å²) in [5.74, 6) is 0.814. The Kier molecular flexibility index (Phi) is 6.30. The Labute approximate surface area is 158 Å². The third kappa shape index (κ3) is 5.23. The Balaban J connectivity index is 1.55. The number of nitrogens with zero attached hydrogens (tertiary/aromatic N) is 1. The Morgan fingerprint density at radius 2 is 2.04 bits per heavy atom. The number of rotatable bonds is 7. The third-order valence-electron chi connectivity index (χ3n) is 4.34. The molecule has 0 aliphatic carbocycles. The molecule has 0 spiro atoms. The van der Waals surface area contributed by atoms with E-state index in [9.17, 15) is 9.50 Å². The molecule has 0 radical (unpaired) electrons. The zero-order valence-electron chi connectivity index (χ0n) is 15.4. The quantitative estimate of drug-likeness (QED) is 0.382. The summed E-state index contributed by atoms with van der Waals surface area (Å²) >= 11 is 0. The van der Waals surface area contributed by atoms with Crippen LogP contribution >= 0.6 is 0 Å². The van der Waals surface area contributed by atoms with Gasteiger partial charge in [0.25, 0.3) is 0 Å². The zero-order chi connectivity index (χ0) is 19.1. The highest BCUT2D eigenvalue weighted by molar-refractivity contribution is 5.83. The number of phenolic OH excluding ortho intramolecular Hbond substituents is 1. The van der Waals surface area contributed by atoms with E-state index < -0.39 is 0 Å². The van der Waals surface area contributed by atoms with E-state index in [0.717, 1.165) is 53.9 Å². The predicted octanol–water partition coefficient (Wildman–Crippen LogP) is 3.35. The van der Waals surface area contributed by atoms with Gasteiger partial charge in [-0.3, -0.25) is 4.99 Å². The van der Waals surface area contributed by atoms with Crippen molar-refractivity contribution in [3.63, 3.8) is 0 Å². The fourth-order valence-corrected chi connectivity index (χ4v) is 3.03. The van der Waals surface area contributed by atoms with Crippen LogP contribution in [0.2, 0.25) is 0 Å². The number of hydrogen-bond acceptors (Lipinski definition) is 2. The van der Waals surface area contributed by atoms with Crippen molar-refractivity contribution in [2.45, 2.75) is 19.8 Å². The molecule has 4 N–H and O–H groups in total. The minimum Gasteiger partial charge on any atom is -0.508 e. The molecule has 0 saturated heterocycles. The zero-order valence-corrected chi connectivity index (χ0v) is 15.4. The predicted molar refractivity (Wildman–Crippen MR) is 108 cm³/mol. The van der Waals surface area contributed by atoms with E-state index in [1.807, 2.05) is 25.3 Å². The van der Waals surface area contributed by atoms with E-state index in [1.165, 1.54) is 12.1 Å². The molecule has 0 unspecified atom stereocenters. The third-order valence-corrected chi connectivity index (χ3v) is 4.34. The van der Waals surface area contributed by atoms with Gasteiger partial charge < -0.3 is 20.7 Å². The van der Waals surface area contributed by atoms with Crippen molar-refractivity contribution in [2.75, 3.05) is 19.6 Å². The first-order chi connectivity index (χ1) is 13.2. The second-order valence-corrected chi connectivity index (χ2v) is 6.36. The summed E-state index contributed by atoms with van der Waals surface area (Å²) < 4.78 is 13.3. The highest BCUT2D eigenvalue weighted by atomic mass is 19.1. The minimum absolute atomic E-state index is 0.237. The van der Waals surface area contributed by atoms with Crippen LogP contribution in [0, 0.1) is 5.82 Å². The summed E-state index contributed by atoms with van der Waals surface area (Å²) in [6.45, 7) is 4.17.